The summed E-state index contributed by atoms with van der Waals surface area (Å²) in [5, 5.41) is 0. The third-order valence-electron chi connectivity index (χ3n) is 4.24. The third kappa shape index (κ3) is 5.43. The van der Waals surface area contributed by atoms with Gasteiger partial charge in [0.25, 0.3) is 0 Å². The molecule has 0 saturated carbocycles. The predicted molar refractivity (Wildman–Crippen MR) is 90.9 cm³/mol. The van der Waals surface area contributed by atoms with Crippen molar-refractivity contribution in [1.29, 1.82) is 0 Å². The van der Waals surface area contributed by atoms with Crippen LogP contribution in [0.3, 0.4) is 0 Å². The summed E-state index contributed by atoms with van der Waals surface area (Å²) < 4.78 is 15.3. The first-order valence-corrected chi connectivity index (χ1v) is 7.66. The Hall–Kier alpha value is -1.75. The van der Waals surface area contributed by atoms with Gasteiger partial charge in [-0.15, -0.1) is 0 Å². The number of esters is 1. The van der Waals surface area contributed by atoms with Gasteiger partial charge in [-0.25, -0.2) is 0 Å². The average Bonchev–Trinajstić information content (AvgIpc) is 2.56. The number of likely N-dealkylation sites (tertiary alicyclic amines) is 1. The quantitative estimate of drug-likeness (QED) is 0.753. The van der Waals surface area contributed by atoms with Gasteiger partial charge in [-0.3, -0.25) is 9.69 Å². The van der Waals surface area contributed by atoms with Crippen molar-refractivity contribution in [1.82, 2.24) is 4.90 Å². The van der Waals surface area contributed by atoms with Crippen molar-refractivity contribution >= 4 is 5.97 Å². The first-order chi connectivity index (χ1) is 10.7. The van der Waals surface area contributed by atoms with Crippen LogP contribution in [0.4, 0.5) is 0 Å². The van der Waals surface area contributed by atoms with E-state index in [1.807, 2.05) is 12.1 Å². The number of hydrogen-bond acceptors (Lipinski definition) is 5. The Kier molecular flexibility index (Phi) is 7.89. The summed E-state index contributed by atoms with van der Waals surface area (Å²) in [5.74, 6) is 1.87. The molecular weight excluding hydrogens is 294 g/mol. The third-order valence-corrected chi connectivity index (χ3v) is 4.24. The molecule has 0 aromatic heterocycles. The minimum atomic E-state index is -0.0988. The van der Waals surface area contributed by atoms with Crippen LogP contribution in [0.2, 0.25) is 0 Å². The van der Waals surface area contributed by atoms with Crippen molar-refractivity contribution in [2.75, 3.05) is 34.4 Å². The van der Waals surface area contributed by atoms with Crippen molar-refractivity contribution in [2.24, 2.45) is 5.92 Å². The zero-order chi connectivity index (χ0) is 15.9. The second-order valence-corrected chi connectivity index (χ2v) is 5.69. The van der Waals surface area contributed by atoms with E-state index >= 15 is 0 Å². The van der Waals surface area contributed by atoms with Crippen LogP contribution in [0.15, 0.2) is 18.2 Å². The zero-order valence-corrected chi connectivity index (χ0v) is 13.6. The lowest BCUT2D eigenvalue weighted by atomic mass is 9.93. The number of hydrogen-bond donors (Lipinski definition) is 0. The standard InChI is InChI=1S/C17H25NO4.CH4/c1-20-15-5-4-14(10-16(15)21-2)12-18-8-6-13(7-9-18)11-17(19)22-3;/h4-5,10,13H,6-9,11-12H2,1-3H3;1H4. The molecule has 0 spiro atoms. The van der Waals surface area contributed by atoms with E-state index in [1.165, 1.54) is 12.7 Å². The van der Waals surface area contributed by atoms with Gasteiger partial charge in [-0.2, -0.15) is 0 Å². The van der Waals surface area contributed by atoms with E-state index in [-0.39, 0.29) is 13.4 Å². The highest BCUT2D eigenvalue weighted by molar-refractivity contribution is 5.69. The molecule has 0 radical (unpaired) electrons. The molecule has 1 aliphatic heterocycles. The number of methoxy groups -OCH3 is 3. The Labute approximate surface area is 139 Å². The number of benzene rings is 1. The van der Waals surface area contributed by atoms with E-state index in [0.29, 0.717) is 12.3 Å². The predicted octanol–water partition coefficient (Wildman–Crippen LogP) is 3.12. The molecule has 1 fully saturated rings. The summed E-state index contributed by atoms with van der Waals surface area (Å²) >= 11 is 0. The fourth-order valence-corrected chi connectivity index (χ4v) is 2.90. The van der Waals surface area contributed by atoms with E-state index in [4.69, 9.17) is 14.2 Å². The van der Waals surface area contributed by atoms with Crippen LogP contribution in [0.25, 0.3) is 0 Å². The fraction of sp³-hybridized carbons (Fsp3) is 0.611. The van der Waals surface area contributed by atoms with Crippen molar-refractivity contribution in [3.63, 3.8) is 0 Å². The van der Waals surface area contributed by atoms with Gasteiger partial charge < -0.3 is 14.2 Å². The molecule has 0 unspecified atom stereocenters. The topological polar surface area (TPSA) is 48.0 Å². The Bertz CT molecular complexity index is 496. The molecule has 0 bridgehead atoms. The van der Waals surface area contributed by atoms with Crippen LogP contribution >= 0.6 is 0 Å². The van der Waals surface area contributed by atoms with Crippen LogP contribution < -0.4 is 9.47 Å². The highest BCUT2D eigenvalue weighted by atomic mass is 16.5. The van der Waals surface area contributed by atoms with E-state index in [9.17, 15) is 4.79 Å². The molecule has 0 aliphatic carbocycles. The molecule has 23 heavy (non-hydrogen) atoms. The Morgan fingerprint density at radius 2 is 1.78 bits per heavy atom. The SMILES string of the molecule is C.COC(=O)CC1CCN(Cc2ccc(OC)c(OC)c2)CC1. The molecule has 0 amide bonds. The maximum atomic E-state index is 11.3. The molecule has 1 aromatic rings. The Balaban J connectivity index is 0.00000264. The van der Waals surface area contributed by atoms with Gasteiger partial charge >= 0.3 is 5.97 Å². The van der Waals surface area contributed by atoms with Crippen LogP contribution in [-0.2, 0) is 16.1 Å². The zero-order valence-electron chi connectivity index (χ0n) is 13.6. The molecule has 0 atom stereocenters. The van der Waals surface area contributed by atoms with Gasteiger partial charge in [0.1, 0.15) is 0 Å². The molecule has 1 aromatic carbocycles. The first-order valence-electron chi connectivity index (χ1n) is 7.66. The maximum Gasteiger partial charge on any atom is 0.305 e. The monoisotopic (exact) mass is 323 g/mol. The van der Waals surface area contributed by atoms with E-state index in [1.54, 1.807) is 14.2 Å². The summed E-state index contributed by atoms with van der Waals surface area (Å²) in [7, 11) is 4.75. The fourth-order valence-electron chi connectivity index (χ4n) is 2.90. The highest BCUT2D eigenvalue weighted by Crippen LogP contribution is 2.29. The van der Waals surface area contributed by atoms with Gasteiger partial charge in [0, 0.05) is 13.0 Å². The summed E-state index contributed by atoms with van der Waals surface area (Å²) in [5.41, 5.74) is 1.21. The molecule has 1 saturated heterocycles. The highest BCUT2D eigenvalue weighted by Gasteiger charge is 2.22. The van der Waals surface area contributed by atoms with Crippen LogP contribution in [0.1, 0.15) is 32.3 Å². The lowest BCUT2D eigenvalue weighted by molar-refractivity contribution is -0.142. The molecule has 5 heteroatoms. The molecule has 5 nitrogen and oxygen atoms in total. The Morgan fingerprint density at radius 3 is 2.35 bits per heavy atom. The number of nitrogens with zero attached hydrogens (tertiary/aromatic N) is 1. The molecule has 2 rings (SSSR count). The second-order valence-electron chi connectivity index (χ2n) is 5.69. The second kappa shape index (κ2) is 9.40. The van der Waals surface area contributed by atoms with E-state index in [2.05, 4.69) is 11.0 Å². The maximum absolute atomic E-state index is 11.3. The van der Waals surface area contributed by atoms with Crippen LogP contribution in [-0.4, -0.2) is 45.3 Å². The normalized spacial score (nSPS) is 15.6. The van der Waals surface area contributed by atoms with Gasteiger partial charge in [0.05, 0.1) is 21.3 Å². The largest absolute Gasteiger partial charge is 0.493 e. The van der Waals surface area contributed by atoms with E-state index in [0.717, 1.165) is 44.0 Å². The molecule has 1 aliphatic rings. The molecule has 0 N–H and O–H groups in total. The number of carbonyl (C=O) groups excluding carboxylic acids is 1. The number of rotatable bonds is 6. The lowest BCUT2D eigenvalue weighted by Gasteiger charge is -2.31. The summed E-state index contributed by atoms with van der Waals surface area (Å²) in [4.78, 5) is 13.7. The Morgan fingerprint density at radius 1 is 1.13 bits per heavy atom. The molecule has 1 heterocycles. The number of piperidine rings is 1. The van der Waals surface area contributed by atoms with E-state index < -0.39 is 0 Å². The lowest BCUT2D eigenvalue weighted by Crippen LogP contribution is -2.34. The molecular formula is C18H29NO4. The van der Waals surface area contributed by atoms with Gasteiger partial charge in [-0.05, 0) is 49.5 Å². The molecule has 130 valence electrons. The summed E-state index contributed by atoms with van der Waals surface area (Å²) in [6, 6.07) is 6.04. The van der Waals surface area contributed by atoms with Crippen molar-refractivity contribution in [3.8, 4) is 11.5 Å². The number of ether oxygens (including phenoxy) is 3. The summed E-state index contributed by atoms with van der Waals surface area (Å²) in [6.07, 6.45) is 2.63. The van der Waals surface area contributed by atoms with Crippen molar-refractivity contribution in [2.45, 2.75) is 33.2 Å². The van der Waals surface area contributed by atoms with Crippen LogP contribution in [0, 0.1) is 5.92 Å². The van der Waals surface area contributed by atoms with Crippen LogP contribution in [0.5, 0.6) is 11.5 Å². The smallest absolute Gasteiger partial charge is 0.305 e. The first kappa shape index (κ1) is 19.3. The minimum absolute atomic E-state index is 0. The minimum Gasteiger partial charge on any atom is -0.493 e. The van der Waals surface area contributed by atoms with Crippen molar-refractivity contribution < 1.29 is 19.0 Å². The number of carbonyl (C=O) groups is 1. The van der Waals surface area contributed by atoms with Gasteiger partial charge in [0.2, 0.25) is 0 Å². The van der Waals surface area contributed by atoms with Gasteiger partial charge in [0.15, 0.2) is 11.5 Å². The average molecular weight is 323 g/mol. The summed E-state index contributed by atoms with van der Waals surface area (Å²) in [6.45, 7) is 2.91. The van der Waals surface area contributed by atoms with Crippen molar-refractivity contribution in [3.05, 3.63) is 23.8 Å². The van der Waals surface area contributed by atoms with Gasteiger partial charge in [-0.1, -0.05) is 13.5 Å².